The van der Waals surface area contributed by atoms with Gasteiger partial charge in [0.2, 0.25) is 0 Å². The van der Waals surface area contributed by atoms with Gasteiger partial charge in [0.1, 0.15) is 11.4 Å². The fraction of sp³-hybridized carbons (Fsp3) is 0.222. The summed E-state index contributed by atoms with van der Waals surface area (Å²) in [6.07, 6.45) is 1.89. The highest BCUT2D eigenvalue weighted by atomic mass is 19.1. The molecule has 1 N–H and O–H groups in total. The highest BCUT2D eigenvalue weighted by molar-refractivity contribution is 5.78. The van der Waals surface area contributed by atoms with Crippen LogP contribution in [0.15, 0.2) is 52.9 Å². The molecule has 2 nitrogen and oxygen atoms in total. The van der Waals surface area contributed by atoms with E-state index in [1.807, 2.05) is 18.2 Å². The number of furan rings is 1. The van der Waals surface area contributed by atoms with Crippen molar-refractivity contribution >= 4 is 11.0 Å². The van der Waals surface area contributed by atoms with Crippen LogP contribution in [-0.4, -0.2) is 5.11 Å². The van der Waals surface area contributed by atoms with E-state index in [9.17, 15) is 9.50 Å². The predicted molar refractivity (Wildman–Crippen MR) is 78.5 cm³/mol. The number of hydrogen-bond donors (Lipinski definition) is 1. The topological polar surface area (TPSA) is 33.4 Å². The Morgan fingerprint density at radius 3 is 2.67 bits per heavy atom. The van der Waals surface area contributed by atoms with Gasteiger partial charge in [-0.3, -0.25) is 0 Å². The third kappa shape index (κ3) is 1.96. The number of aryl methyl sites for hydroxylation is 1. The van der Waals surface area contributed by atoms with Crippen LogP contribution in [0.25, 0.3) is 11.0 Å². The summed E-state index contributed by atoms with van der Waals surface area (Å²) in [5.41, 5.74) is 1.57. The van der Waals surface area contributed by atoms with Crippen LogP contribution in [0.5, 0.6) is 0 Å². The molecule has 0 saturated heterocycles. The first-order valence-electron chi connectivity index (χ1n) is 7.13. The molecule has 1 heterocycles. The van der Waals surface area contributed by atoms with Gasteiger partial charge in [-0.25, -0.2) is 4.39 Å². The molecule has 21 heavy (non-hydrogen) atoms. The molecule has 1 aliphatic rings. The van der Waals surface area contributed by atoms with Crippen LogP contribution in [0.2, 0.25) is 0 Å². The average molecular weight is 282 g/mol. The molecular formula is C18H15FO2. The summed E-state index contributed by atoms with van der Waals surface area (Å²) in [4.78, 5) is 0. The van der Waals surface area contributed by atoms with Gasteiger partial charge in [-0.1, -0.05) is 36.4 Å². The first kappa shape index (κ1) is 12.6. The van der Waals surface area contributed by atoms with Crippen LogP contribution in [-0.2, 0) is 18.4 Å². The maximum absolute atomic E-state index is 13.8. The van der Waals surface area contributed by atoms with E-state index >= 15 is 0 Å². The monoisotopic (exact) mass is 282 g/mol. The maximum Gasteiger partial charge on any atom is 0.170 e. The van der Waals surface area contributed by atoms with Gasteiger partial charge < -0.3 is 9.52 Å². The molecule has 106 valence electrons. The van der Waals surface area contributed by atoms with E-state index in [0.717, 1.165) is 12.0 Å². The van der Waals surface area contributed by atoms with Gasteiger partial charge in [0, 0.05) is 11.8 Å². The first-order chi connectivity index (χ1) is 10.2. The Balaban J connectivity index is 1.80. The smallest absolute Gasteiger partial charge is 0.170 e. The number of fused-ring (bicyclic) bond motifs is 2. The molecule has 3 heteroatoms. The number of para-hydroxylation sites is 1. The summed E-state index contributed by atoms with van der Waals surface area (Å²) in [7, 11) is 0. The summed E-state index contributed by atoms with van der Waals surface area (Å²) in [6.45, 7) is 0. The zero-order valence-corrected chi connectivity index (χ0v) is 11.5. The van der Waals surface area contributed by atoms with Crippen molar-refractivity contribution in [1.82, 2.24) is 0 Å². The molecule has 0 aliphatic heterocycles. The average Bonchev–Trinajstić information content (AvgIpc) is 2.94. The van der Waals surface area contributed by atoms with Crippen molar-refractivity contribution in [2.24, 2.45) is 0 Å². The minimum atomic E-state index is -1.06. The SMILES string of the molecule is OC1(c2cc3cccc(F)c3o2)CCc2ccccc2C1. The lowest BCUT2D eigenvalue weighted by Crippen LogP contribution is -2.32. The molecule has 1 atom stereocenters. The molecule has 2 aromatic carbocycles. The molecule has 1 unspecified atom stereocenters. The largest absolute Gasteiger partial charge is 0.455 e. The number of halogens is 1. The predicted octanol–water partition coefficient (Wildman–Crippen LogP) is 3.95. The van der Waals surface area contributed by atoms with Gasteiger partial charge >= 0.3 is 0 Å². The number of aliphatic hydroxyl groups is 1. The van der Waals surface area contributed by atoms with Gasteiger partial charge in [0.25, 0.3) is 0 Å². The second-order valence-corrected chi connectivity index (χ2v) is 5.75. The van der Waals surface area contributed by atoms with Crippen molar-refractivity contribution in [1.29, 1.82) is 0 Å². The molecule has 0 amide bonds. The van der Waals surface area contributed by atoms with Crippen LogP contribution in [0.1, 0.15) is 23.3 Å². The summed E-state index contributed by atoms with van der Waals surface area (Å²) < 4.78 is 19.4. The zero-order chi connectivity index (χ0) is 14.4. The Morgan fingerprint density at radius 1 is 1.05 bits per heavy atom. The molecule has 0 bridgehead atoms. The van der Waals surface area contributed by atoms with Gasteiger partial charge in [-0.05, 0) is 36.1 Å². The lowest BCUT2D eigenvalue weighted by atomic mass is 9.79. The van der Waals surface area contributed by atoms with Gasteiger partial charge in [-0.2, -0.15) is 0 Å². The van der Waals surface area contributed by atoms with Crippen molar-refractivity contribution in [2.75, 3.05) is 0 Å². The Labute approximate surface area is 121 Å². The molecule has 0 spiro atoms. The van der Waals surface area contributed by atoms with E-state index in [1.54, 1.807) is 18.2 Å². The molecule has 4 rings (SSSR count). The van der Waals surface area contributed by atoms with E-state index in [4.69, 9.17) is 4.42 Å². The molecule has 0 radical (unpaired) electrons. The molecular weight excluding hydrogens is 267 g/mol. The Kier molecular flexibility index (Phi) is 2.66. The fourth-order valence-electron chi connectivity index (χ4n) is 3.19. The molecule has 1 aromatic heterocycles. The maximum atomic E-state index is 13.8. The summed E-state index contributed by atoms with van der Waals surface area (Å²) >= 11 is 0. The molecule has 3 aromatic rings. The molecule has 0 saturated carbocycles. The standard InChI is InChI=1S/C18H15FO2/c19-15-7-3-6-13-10-16(21-17(13)15)18(20)9-8-12-4-1-2-5-14(12)11-18/h1-7,10,20H,8-9,11H2. The van der Waals surface area contributed by atoms with Crippen molar-refractivity contribution in [2.45, 2.75) is 24.9 Å². The fourth-order valence-corrected chi connectivity index (χ4v) is 3.19. The molecule has 0 fully saturated rings. The minimum absolute atomic E-state index is 0.222. The van der Waals surface area contributed by atoms with Crippen LogP contribution >= 0.6 is 0 Å². The van der Waals surface area contributed by atoms with E-state index in [-0.39, 0.29) is 5.58 Å². The molecule has 1 aliphatic carbocycles. The Morgan fingerprint density at radius 2 is 1.86 bits per heavy atom. The van der Waals surface area contributed by atoms with Crippen molar-refractivity contribution in [3.05, 3.63) is 71.2 Å². The van der Waals surface area contributed by atoms with Crippen molar-refractivity contribution in [3.63, 3.8) is 0 Å². The minimum Gasteiger partial charge on any atom is -0.455 e. The third-order valence-corrected chi connectivity index (χ3v) is 4.36. The van der Waals surface area contributed by atoms with Crippen LogP contribution in [0.4, 0.5) is 4.39 Å². The summed E-state index contributed by atoms with van der Waals surface area (Å²) in [6, 6.07) is 14.7. The zero-order valence-electron chi connectivity index (χ0n) is 11.5. The third-order valence-electron chi connectivity index (χ3n) is 4.36. The van der Waals surface area contributed by atoms with E-state index in [2.05, 4.69) is 6.07 Å². The normalized spacial score (nSPS) is 21.4. The first-order valence-corrected chi connectivity index (χ1v) is 7.13. The van der Waals surface area contributed by atoms with Crippen LogP contribution < -0.4 is 0 Å². The number of rotatable bonds is 1. The van der Waals surface area contributed by atoms with Gasteiger partial charge in [-0.15, -0.1) is 0 Å². The Hall–Kier alpha value is -2.13. The second-order valence-electron chi connectivity index (χ2n) is 5.75. The number of hydrogen-bond acceptors (Lipinski definition) is 2. The van der Waals surface area contributed by atoms with E-state index in [0.29, 0.717) is 24.0 Å². The van der Waals surface area contributed by atoms with Crippen molar-refractivity contribution < 1.29 is 13.9 Å². The summed E-state index contributed by atoms with van der Waals surface area (Å²) in [5, 5.41) is 11.7. The Bertz CT molecular complexity index is 821. The van der Waals surface area contributed by atoms with E-state index < -0.39 is 11.4 Å². The lowest BCUT2D eigenvalue weighted by molar-refractivity contribution is 0.00253. The summed E-state index contributed by atoms with van der Waals surface area (Å²) in [5.74, 6) is 0.0654. The van der Waals surface area contributed by atoms with Crippen LogP contribution in [0, 0.1) is 5.82 Å². The van der Waals surface area contributed by atoms with Gasteiger partial charge in [0.05, 0.1) is 0 Å². The number of benzene rings is 2. The highest BCUT2D eigenvalue weighted by Gasteiger charge is 2.37. The second kappa shape index (κ2) is 4.43. The van der Waals surface area contributed by atoms with Crippen molar-refractivity contribution in [3.8, 4) is 0 Å². The quantitative estimate of drug-likeness (QED) is 0.733. The lowest BCUT2D eigenvalue weighted by Gasteiger charge is -2.31. The highest BCUT2D eigenvalue weighted by Crippen LogP contribution is 2.39. The van der Waals surface area contributed by atoms with Crippen LogP contribution in [0.3, 0.4) is 0 Å². The van der Waals surface area contributed by atoms with E-state index in [1.165, 1.54) is 11.6 Å². The van der Waals surface area contributed by atoms with Gasteiger partial charge in [0.15, 0.2) is 11.4 Å².